The van der Waals surface area contributed by atoms with Gasteiger partial charge in [-0.25, -0.2) is 4.98 Å². The third-order valence-corrected chi connectivity index (χ3v) is 4.32. The van der Waals surface area contributed by atoms with E-state index in [0.29, 0.717) is 6.04 Å². The molecule has 4 heteroatoms. The number of benzene rings is 1. The Kier molecular flexibility index (Phi) is 4.25. The molecule has 1 aliphatic rings. The Morgan fingerprint density at radius 1 is 1.24 bits per heavy atom. The lowest BCUT2D eigenvalue weighted by Gasteiger charge is -2.25. The highest BCUT2D eigenvalue weighted by Gasteiger charge is 2.24. The monoisotopic (exact) mass is 284 g/mol. The third-order valence-electron chi connectivity index (χ3n) is 4.32. The largest absolute Gasteiger partial charge is 0.378 e. The normalized spacial score (nSPS) is 19.0. The maximum Gasteiger partial charge on any atom is 0.0946 e. The summed E-state index contributed by atoms with van der Waals surface area (Å²) in [4.78, 5) is 8.88. The Hall–Kier alpha value is -1.81. The fraction of sp³-hybridized carbons (Fsp3) is 0.471. The van der Waals surface area contributed by atoms with Crippen LogP contribution in [0.4, 0.5) is 5.69 Å². The highest BCUT2D eigenvalue weighted by Crippen LogP contribution is 2.22. The van der Waals surface area contributed by atoms with Gasteiger partial charge in [0.25, 0.3) is 0 Å². The topological polar surface area (TPSA) is 24.3 Å². The third kappa shape index (κ3) is 3.45. The molecule has 1 saturated heterocycles. The molecule has 1 fully saturated rings. The summed E-state index contributed by atoms with van der Waals surface area (Å²) in [7, 11) is 4.16. The molecule has 1 aliphatic heterocycles. The molecule has 4 nitrogen and oxygen atoms in total. The van der Waals surface area contributed by atoms with Crippen LogP contribution in [-0.4, -0.2) is 41.1 Å². The average Bonchev–Trinajstić information content (AvgIpc) is 3.13. The van der Waals surface area contributed by atoms with E-state index in [2.05, 4.69) is 63.9 Å². The number of aromatic nitrogens is 2. The summed E-state index contributed by atoms with van der Waals surface area (Å²) < 4.78 is 2.19. The molecule has 1 aromatic heterocycles. The van der Waals surface area contributed by atoms with Crippen molar-refractivity contribution in [3.05, 3.63) is 48.5 Å². The van der Waals surface area contributed by atoms with Gasteiger partial charge in [0.1, 0.15) is 0 Å². The Morgan fingerprint density at radius 3 is 2.71 bits per heavy atom. The van der Waals surface area contributed by atoms with Crippen LogP contribution in [0.1, 0.15) is 18.4 Å². The summed E-state index contributed by atoms with van der Waals surface area (Å²) in [6.07, 6.45) is 8.42. The number of imidazole rings is 1. The molecule has 0 N–H and O–H groups in total. The van der Waals surface area contributed by atoms with Gasteiger partial charge < -0.3 is 9.47 Å². The lowest BCUT2D eigenvalue weighted by Crippen LogP contribution is -2.32. The number of nitrogens with zero attached hydrogens (tertiary/aromatic N) is 4. The van der Waals surface area contributed by atoms with Gasteiger partial charge in [0.05, 0.1) is 6.33 Å². The molecule has 0 bridgehead atoms. The molecule has 2 heterocycles. The van der Waals surface area contributed by atoms with Crippen molar-refractivity contribution in [3.63, 3.8) is 0 Å². The molecule has 0 spiro atoms. The van der Waals surface area contributed by atoms with Crippen LogP contribution in [0.15, 0.2) is 43.0 Å². The van der Waals surface area contributed by atoms with Crippen LogP contribution in [0.3, 0.4) is 0 Å². The minimum absolute atomic E-state index is 0.632. The molecule has 1 atom stereocenters. The SMILES string of the molecule is CN(C)c1ccc(CN2CCCC2Cn2ccnc2)cc1. The van der Waals surface area contributed by atoms with Crippen LogP contribution in [0.5, 0.6) is 0 Å². The molecule has 21 heavy (non-hydrogen) atoms. The number of likely N-dealkylation sites (tertiary alicyclic amines) is 1. The average molecular weight is 284 g/mol. The molecule has 1 aromatic carbocycles. The van der Waals surface area contributed by atoms with E-state index in [-0.39, 0.29) is 0 Å². The number of anilines is 1. The number of hydrogen-bond donors (Lipinski definition) is 0. The zero-order valence-corrected chi connectivity index (χ0v) is 12.9. The molecule has 0 saturated carbocycles. The molecule has 3 rings (SSSR count). The summed E-state index contributed by atoms with van der Waals surface area (Å²) in [5.41, 5.74) is 2.66. The van der Waals surface area contributed by atoms with E-state index >= 15 is 0 Å². The minimum Gasteiger partial charge on any atom is -0.378 e. The van der Waals surface area contributed by atoms with Gasteiger partial charge in [-0.1, -0.05) is 12.1 Å². The standard InChI is InChI=1S/C17H24N4/c1-19(2)16-7-5-15(6-8-16)12-21-10-3-4-17(21)13-20-11-9-18-14-20/h5-9,11,14,17H,3-4,10,12-13H2,1-2H3. The Morgan fingerprint density at radius 2 is 2.05 bits per heavy atom. The summed E-state index contributed by atoms with van der Waals surface area (Å²) in [5, 5.41) is 0. The first-order chi connectivity index (χ1) is 10.2. The first kappa shape index (κ1) is 14.1. The van der Waals surface area contributed by atoms with Crippen LogP contribution >= 0.6 is 0 Å². The maximum atomic E-state index is 4.14. The van der Waals surface area contributed by atoms with E-state index in [1.807, 2.05) is 12.5 Å². The van der Waals surface area contributed by atoms with Gasteiger partial charge in [0.15, 0.2) is 0 Å². The molecule has 0 aliphatic carbocycles. The van der Waals surface area contributed by atoms with Gasteiger partial charge in [0, 0.05) is 51.3 Å². The fourth-order valence-corrected chi connectivity index (χ4v) is 3.08. The fourth-order valence-electron chi connectivity index (χ4n) is 3.08. The summed E-state index contributed by atoms with van der Waals surface area (Å²) in [6.45, 7) is 3.30. The second-order valence-electron chi connectivity index (χ2n) is 6.09. The van der Waals surface area contributed by atoms with E-state index in [4.69, 9.17) is 0 Å². The predicted molar refractivity (Wildman–Crippen MR) is 86.4 cm³/mol. The van der Waals surface area contributed by atoms with Gasteiger partial charge >= 0.3 is 0 Å². The summed E-state index contributed by atoms with van der Waals surface area (Å²) >= 11 is 0. The molecular weight excluding hydrogens is 260 g/mol. The lowest BCUT2D eigenvalue weighted by atomic mass is 10.1. The quantitative estimate of drug-likeness (QED) is 0.843. The second kappa shape index (κ2) is 6.31. The number of rotatable bonds is 5. The van der Waals surface area contributed by atoms with Gasteiger partial charge in [-0.3, -0.25) is 4.90 Å². The van der Waals surface area contributed by atoms with Crippen molar-refractivity contribution in [2.75, 3.05) is 25.5 Å². The first-order valence-corrected chi connectivity index (χ1v) is 7.68. The van der Waals surface area contributed by atoms with Gasteiger partial charge in [-0.15, -0.1) is 0 Å². The smallest absolute Gasteiger partial charge is 0.0946 e. The highest BCUT2D eigenvalue weighted by atomic mass is 15.2. The van der Waals surface area contributed by atoms with E-state index < -0.39 is 0 Å². The van der Waals surface area contributed by atoms with Crippen molar-refractivity contribution in [3.8, 4) is 0 Å². The Balaban J connectivity index is 1.63. The zero-order chi connectivity index (χ0) is 14.7. The van der Waals surface area contributed by atoms with Gasteiger partial charge in [-0.2, -0.15) is 0 Å². The predicted octanol–water partition coefficient (Wildman–Crippen LogP) is 2.61. The van der Waals surface area contributed by atoms with Crippen molar-refractivity contribution in [1.82, 2.24) is 14.5 Å². The molecule has 0 amide bonds. The second-order valence-corrected chi connectivity index (χ2v) is 6.09. The van der Waals surface area contributed by atoms with E-state index in [1.165, 1.54) is 30.6 Å². The highest BCUT2D eigenvalue weighted by molar-refractivity contribution is 5.45. The first-order valence-electron chi connectivity index (χ1n) is 7.68. The molecule has 0 radical (unpaired) electrons. The molecule has 2 aromatic rings. The van der Waals surface area contributed by atoms with Crippen LogP contribution in [0.2, 0.25) is 0 Å². The molecule has 112 valence electrons. The summed E-state index contributed by atoms with van der Waals surface area (Å²) in [5.74, 6) is 0. The van der Waals surface area contributed by atoms with Crippen LogP contribution in [-0.2, 0) is 13.1 Å². The van der Waals surface area contributed by atoms with Crippen LogP contribution in [0.25, 0.3) is 0 Å². The van der Waals surface area contributed by atoms with Crippen molar-refractivity contribution in [2.45, 2.75) is 32.0 Å². The van der Waals surface area contributed by atoms with Gasteiger partial charge in [-0.05, 0) is 37.1 Å². The van der Waals surface area contributed by atoms with Gasteiger partial charge in [0.2, 0.25) is 0 Å². The van der Waals surface area contributed by atoms with E-state index in [0.717, 1.165) is 13.1 Å². The molecular formula is C17H24N4. The van der Waals surface area contributed by atoms with Crippen LogP contribution in [0, 0.1) is 0 Å². The van der Waals surface area contributed by atoms with Crippen molar-refractivity contribution < 1.29 is 0 Å². The van der Waals surface area contributed by atoms with Crippen molar-refractivity contribution >= 4 is 5.69 Å². The maximum absolute atomic E-state index is 4.14. The Bertz CT molecular complexity index is 545. The minimum atomic E-state index is 0.632. The van der Waals surface area contributed by atoms with E-state index in [9.17, 15) is 0 Å². The Labute approximate surface area is 127 Å². The van der Waals surface area contributed by atoms with Crippen molar-refractivity contribution in [2.24, 2.45) is 0 Å². The van der Waals surface area contributed by atoms with Crippen molar-refractivity contribution in [1.29, 1.82) is 0 Å². The van der Waals surface area contributed by atoms with Crippen LogP contribution < -0.4 is 4.90 Å². The number of hydrogen-bond acceptors (Lipinski definition) is 3. The zero-order valence-electron chi connectivity index (χ0n) is 12.9. The lowest BCUT2D eigenvalue weighted by molar-refractivity contribution is 0.224. The van der Waals surface area contributed by atoms with E-state index in [1.54, 1.807) is 0 Å². The summed E-state index contributed by atoms with van der Waals surface area (Å²) in [6, 6.07) is 9.55. The molecule has 1 unspecified atom stereocenters.